The van der Waals surface area contributed by atoms with Gasteiger partial charge in [0.25, 0.3) is 23.6 Å². The van der Waals surface area contributed by atoms with Gasteiger partial charge in [-0.3, -0.25) is 38.6 Å². The molecule has 6 aliphatic rings. The minimum atomic E-state index is -0.720. The Balaban J connectivity index is 0.000000179. The van der Waals surface area contributed by atoms with Gasteiger partial charge in [-0.1, -0.05) is 127 Å². The molecule has 4 heterocycles. The molecule has 4 aliphatic heterocycles. The Morgan fingerprint density at radius 3 is 1.33 bits per heavy atom. The number of allylic oxidation sites excluding steroid dienone is 5. The summed E-state index contributed by atoms with van der Waals surface area (Å²) in [7, 11) is 0. The number of ether oxygens (including phenoxy) is 3. The SMILES string of the molecule is CCOC(=O)C1=C(CBr)NC2=C(C(=O)CC(C)(C)C2)C1c1ccccc1Cl.CCOC(=O)C1=C(COCCN2C(=O)c3ccccc3C2=O)NC2=C(C(=O)CC(C)(C)C2)C1c1ccccc1Cl.O=C1c2ccccc2C(=O)N1CCO. The number of esters is 2. The lowest BCUT2D eigenvalue weighted by Gasteiger charge is -2.40. The number of ketones is 2. The first-order chi connectivity index (χ1) is 38.7. The number of dihydropyridines is 2. The summed E-state index contributed by atoms with van der Waals surface area (Å²) in [4.78, 5) is 104. The number of carbonyl (C=O) groups excluding carboxylic acids is 8. The van der Waals surface area contributed by atoms with Crippen molar-refractivity contribution < 1.29 is 57.7 Å². The Hall–Kier alpha value is -7.02. The van der Waals surface area contributed by atoms with E-state index in [-0.39, 0.29) is 97.7 Å². The van der Waals surface area contributed by atoms with E-state index < -0.39 is 23.8 Å². The number of nitrogens with one attached hydrogen (secondary N) is 2. The van der Waals surface area contributed by atoms with Crippen molar-refractivity contribution in [1.29, 1.82) is 0 Å². The van der Waals surface area contributed by atoms with Crippen LogP contribution in [-0.2, 0) is 33.4 Å². The van der Waals surface area contributed by atoms with E-state index in [1.165, 1.54) is 0 Å². The van der Waals surface area contributed by atoms with Crippen LogP contribution >= 0.6 is 39.1 Å². The van der Waals surface area contributed by atoms with Crippen molar-refractivity contribution in [2.24, 2.45) is 10.8 Å². The number of hydrogen-bond acceptors (Lipinski definition) is 14. The number of hydrogen-bond donors (Lipinski definition) is 3. The molecule has 4 aromatic carbocycles. The molecule has 0 aromatic heterocycles. The summed E-state index contributed by atoms with van der Waals surface area (Å²) in [5.74, 6) is -3.58. The second-order valence-corrected chi connectivity index (χ2v) is 23.0. The smallest absolute Gasteiger partial charge is 0.336 e. The predicted molar refractivity (Wildman–Crippen MR) is 307 cm³/mol. The average molecular weight is 1210 g/mol. The number of imide groups is 2. The molecule has 0 saturated heterocycles. The van der Waals surface area contributed by atoms with Crippen LogP contribution < -0.4 is 10.6 Å². The molecule has 4 amide bonds. The topological polar surface area (TPSA) is 215 Å². The Morgan fingerprint density at radius 1 is 0.580 bits per heavy atom. The second kappa shape index (κ2) is 25.4. The molecule has 424 valence electrons. The lowest BCUT2D eigenvalue weighted by molar-refractivity contribution is -0.140. The number of benzene rings is 4. The number of rotatable bonds is 14. The zero-order valence-corrected chi connectivity index (χ0v) is 48.9. The molecule has 81 heavy (non-hydrogen) atoms. The number of halogens is 3. The Kier molecular flexibility index (Phi) is 18.9. The van der Waals surface area contributed by atoms with Crippen LogP contribution in [0.15, 0.2) is 142 Å². The Morgan fingerprint density at radius 2 is 0.951 bits per heavy atom. The van der Waals surface area contributed by atoms with E-state index in [2.05, 4.69) is 40.4 Å². The van der Waals surface area contributed by atoms with E-state index >= 15 is 0 Å². The zero-order valence-electron chi connectivity index (χ0n) is 45.8. The van der Waals surface area contributed by atoms with Gasteiger partial charge in [0, 0.05) is 68.3 Å². The van der Waals surface area contributed by atoms with Crippen molar-refractivity contribution in [3.63, 3.8) is 0 Å². The maximum absolute atomic E-state index is 13.5. The first-order valence-electron chi connectivity index (χ1n) is 26.7. The van der Waals surface area contributed by atoms with Crippen LogP contribution in [0.1, 0.15) is 132 Å². The van der Waals surface area contributed by atoms with E-state index in [1.807, 2.05) is 44.2 Å². The fourth-order valence-electron chi connectivity index (χ4n) is 11.2. The molecule has 3 N–H and O–H groups in total. The van der Waals surface area contributed by atoms with Crippen molar-refractivity contribution in [3.05, 3.63) is 186 Å². The number of nitrogens with zero attached hydrogens (tertiary/aromatic N) is 2. The highest BCUT2D eigenvalue weighted by molar-refractivity contribution is 9.09. The second-order valence-electron chi connectivity index (χ2n) is 21.6. The minimum absolute atomic E-state index is 0.0241. The van der Waals surface area contributed by atoms with E-state index in [9.17, 15) is 38.4 Å². The lowest BCUT2D eigenvalue weighted by atomic mass is 9.68. The number of aliphatic hydroxyl groups excluding tert-OH is 1. The van der Waals surface area contributed by atoms with Crippen LogP contribution in [0, 0.1) is 10.8 Å². The van der Waals surface area contributed by atoms with E-state index in [4.69, 9.17) is 42.5 Å². The fraction of sp³-hybridized carbons (Fsp3) is 0.355. The van der Waals surface area contributed by atoms with Crippen LogP contribution in [0.4, 0.5) is 0 Å². The van der Waals surface area contributed by atoms with Crippen LogP contribution in [0.3, 0.4) is 0 Å². The van der Waals surface area contributed by atoms with Crippen LogP contribution in [-0.4, -0.2) is 113 Å². The van der Waals surface area contributed by atoms with E-state index in [0.29, 0.717) is 84.9 Å². The fourth-order valence-corrected chi connectivity index (χ4v) is 12.1. The molecule has 0 fully saturated rings. The van der Waals surface area contributed by atoms with E-state index in [0.717, 1.165) is 38.9 Å². The standard InChI is InChI=1S/C31H31ClN2O6.C21H23BrClNO3.C10H9NO3/c1-4-40-30(38)27-23(17-39-14-13-34-28(36)18-9-5-6-10-19(18)29(34)37)33-22-15-31(2,3)16-24(35)26(22)25(27)20-11-7-8-12-21(20)32;1-4-27-20(26)19-15(11-22)24-14-9-21(2,3)10-16(25)18(14)17(19)12-7-5-6-8-13(12)23;12-6-5-11-9(13)7-3-1-2-4-8(7)10(11)14/h5-12,25,33H,4,13-17H2,1-3H3;5-8,17,24H,4,9-11H2,1-3H3;1-4,12H,5-6H2. The molecule has 2 unspecified atom stereocenters. The van der Waals surface area contributed by atoms with Crippen molar-refractivity contribution >= 4 is 86.3 Å². The molecular weight excluding hydrogens is 1140 g/mol. The largest absolute Gasteiger partial charge is 0.463 e. The van der Waals surface area contributed by atoms with Crippen LogP contribution in [0.5, 0.6) is 0 Å². The summed E-state index contributed by atoms with van der Waals surface area (Å²) in [5.41, 5.74) is 7.26. The summed E-state index contributed by atoms with van der Waals surface area (Å²) in [6, 6.07) is 27.9. The minimum Gasteiger partial charge on any atom is -0.463 e. The maximum Gasteiger partial charge on any atom is 0.336 e. The van der Waals surface area contributed by atoms with Gasteiger partial charge in [-0.15, -0.1) is 0 Å². The molecular formula is C62H63BrCl2N4O12. The van der Waals surface area contributed by atoms with Crippen LogP contribution in [0.25, 0.3) is 0 Å². The Labute approximate surface area is 488 Å². The first-order valence-corrected chi connectivity index (χ1v) is 28.6. The lowest BCUT2D eigenvalue weighted by Crippen LogP contribution is -2.40. The number of Topliss-reactive ketones (excluding diaryl/α,β-unsaturated/α-hetero) is 2. The van der Waals surface area contributed by atoms with Gasteiger partial charge >= 0.3 is 11.9 Å². The number of fused-ring (bicyclic) bond motifs is 2. The number of carbonyl (C=O) groups is 8. The van der Waals surface area contributed by atoms with Gasteiger partial charge < -0.3 is 30.0 Å². The van der Waals surface area contributed by atoms with Crippen LogP contribution in [0.2, 0.25) is 10.0 Å². The van der Waals surface area contributed by atoms with Gasteiger partial charge in [0.2, 0.25) is 0 Å². The summed E-state index contributed by atoms with van der Waals surface area (Å²) in [6.07, 6.45) is 2.12. The summed E-state index contributed by atoms with van der Waals surface area (Å²) >= 11 is 16.6. The number of β-amino-alcohol motifs (C(OH)–C–C–N with tert-alkyl or cyclic N) is 1. The van der Waals surface area contributed by atoms with Gasteiger partial charge in [-0.05, 0) is 85.0 Å². The van der Waals surface area contributed by atoms with Gasteiger partial charge in [-0.25, -0.2) is 9.59 Å². The third-order valence-corrected chi connectivity index (χ3v) is 15.8. The zero-order chi connectivity index (χ0) is 58.5. The molecule has 0 saturated carbocycles. The third-order valence-electron chi connectivity index (χ3n) is 14.6. The average Bonchev–Trinajstić information content (AvgIpc) is 3.96. The molecule has 10 rings (SSSR count). The highest BCUT2D eigenvalue weighted by Gasteiger charge is 2.46. The van der Waals surface area contributed by atoms with Gasteiger partial charge in [0.1, 0.15) is 0 Å². The van der Waals surface area contributed by atoms with Crippen molar-refractivity contribution in [2.75, 3.05) is 51.5 Å². The third kappa shape index (κ3) is 12.6. The van der Waals surface area contributed by atoms with Gasteiger partial charge in [0.15, 0.2) is 11.6 Å². The number of aliphatic hydroxyl groups is 1. The normalized spacial score (nSPS) is 19.6. The van der Waals surface area contributed by atoms with E-state index in [1.54, 1.807) is 80.6 Å². The predicted octanol–water partition coefficient (Wildman–Crippen LogP) is 9.96. The molecule has 19 heteroatoms. The van der Waals surface area contributed by atoms with Gasteiger partial charge in [-0.2, -0.15) is 0 Å². The quantitative estimate of drug-likeness (QED) is 0.0464. The maximum atomic E-state index is 13.5. The van der Waals surface area contributed by atoms with Crippen molar-refractivity contribution in [2.45, 2.75) is 79.1 Å². The molecule has 0 bridgehead atoms. The number of alkyl halides is 1. The van der Waals surface area contributed by atoms with Crippen molar-refractivity contribution in [3.8, 4) is 0 Å². The summed E-state index contributed by atoms with van der Waals surface area (Å²) < 4.78 is 16.7. The molecule has 0 spiro atoms. The highest BCUT2D eigenvalue weighted by atomic mass is 79.9. The molecule has 4 aromatic rings. The first kappa shape index (κ1) is 60.1. The molecule has 16 nitrogen and oxygen atoms in total. The summed E-state index contributed by atoms with van der Waals surface area (Å²) in [5, 5.41) is 16.8. The summed E-state index contributed by atoms with van der Waals surface area (Å²) in [6.45, 7) is 12.1. The molecule has 2 aliphatic carbocycles. The van der Waals surface area contributed by atoms with Gasteiger partial charge in [0.05, 0.1) is 85.2 Å². The monoisotopic (exact) mass is 1200 g/mol. The Bertz CT molecular complexity index is 3310. The number of amides is 4. The molecule has 2 atom stereocenters. The molecule has 0 radical (unpaired) electrons. The van der Waals surface area contributed by atoms with Crippen molar-refractivity contribution in [1.82, 2.24) is 20.4 Å². The highest BCUT2D eigenvalue weighted by Crippen LogP contribution is 2.50.